The third kappa shape index (κ3) is 7.76. The fraction of sp³-hybridized carbons (Fsp3) is 0.235. The number of fused-ring (bicyclic) bond motifs is 2. The number of hydrogen-bond acceptors (Lipinski definition) is 6. The summed E-state index contributed by atoms with van der Waals surface area (Å²) >= 11 is 4.10. The summed E-state index contributed by atoms with van der Waals surface area (Å²) in [5.74, 6) is -3.00. The molecule has 4 atom stereocenters. The number of para-hydroxylation sites is 2. The van der Waals surface area contributed by atoms with Gasteiger partial charge in [-0.05, 0) is 28.8 Å². The lowest BCUT2D eigenvalue weighted by molar-refractivity contribution is -0.142. The number of thiol groups is 1. The van der Waals surface area contributed by atoms with Crippen molar-refractivity contribution >= 4 is 58.1 Å². The molecule has 12 heteroatoms. The number of carbonyl (C=O) groups is 4. The topological polar surface area (TPSA) is 182 Å². The van der Waals surface area contributed by atoms with Crippen molar-refractivity contribution in [2.45, 2.75) is 43.4 Å². The first kappa shape index (κ1) is 32.3. The summed E-state index contributed by atoms with van der Waals surface area (Å²) in [6.45, 7) is 0. The van der Waals surface area contributed by atoms with E-state index >= 15 is 0 Å². The molecule has 3 aromatic carbocycles. The highest BCUT2D eigenvalue weighted by atomic mass is 32.1. The van der Waals surface area contributed by atoms with Crippen LogP contribution in [0.4, 0.5) is 0 Å². The maximum absolute atomic E-state index is 13.9. The Kier molecular flexibility index (Phi) is 10.4. The molecule has 0 aliphatic carbocycles. The molecule has 4 unspecified atom stereocenters. The summed E-state index contributed by atoms with van der Waals surface area (Å²) in [6.07, 6.45) is 3.70. The second-order valence-electron chi connectivity index (χ2n) is 11.1. The number of nitrogens with one attached hydrogen (secondary N) is 5. The molecular formula is C34H36N6O5S. The second kappa shape index (κ2) is 14.8. The maximum atomic E-state index is 13.9. The number of aromatic amines is 2. The van der Waals surface area contributed by atoms with Gasteiger partial charge in [0, 0.05) is 59.2 Å². The average Bonchev–Trinajstić information content (AvgIpc) is 3.67. The Bertz CT molecular complexity index is 1840. The summed E-state index contributed by atoms with van der Waals surface area (Å²) < 4.78 is 0. The lowest BCUT2D eigenvalue weighted by Gasteiger charge is -2.25. The van der Waals surface area contributed by atoms with Crippen LogP contribution in [0.1, 0.15) is 16.7 Å². The molecule has 0 aliphatic rings. The molecule has 5 aromatic rings. The first-order valence-electron chi connectivity index (χ1n) is 14.9. The molecule has 0 radical (unpaired) electrons. The number of aromatic nitrogens is 2. The van der Waals surface area contributed by atoms with Gasteiger partial charge >= 0.3 is 5.97 Å². The van der Waals surface area contributed by atoms with Crippen LogP contribution in [0.5, 0.6) is 0 Å². The van der Waals surface area contributed by atoms with Gasteiger partial charge in [-0.1, -0.05) is 66.7 Å². The monoisotopic (exact) mass is 640 g/mol. The van der Waals surface area contributed by atoms with Crippen LogP contribution in [0.15, 0.2) is 91.3 Å². The molecule has 0 spiro atoms. The molecule has 2 aromatic heterocycles. The van der Waals surface area contributed by atoms with Crippen LogP contribution in [-0.2, 0) is 38.4 Å². The van der Waals surface area contributed by atoms with Crippen molar-refractivity contribution in [3.8, 4) is 0 Å². The number of amides is 3. The highest BCUT2D eigenvalue weighted by molar-refractivity contribution is 7.80. The predicted molar refractivity (Wildman–Crippen MR) is 179 cm³/mol. The molecule has 0 saturated heterocycles. The summed E-state index contributed by atoms with van der Waals surface area (Å²) in [7, 11) is 0. The number of rotatable bonds is 14. The third-order valence-corrected chi connectivity index (χ3v) is 8.29. The van der Waals surface area contributed by atoms with Gasteiger partial charge in [-0.15, -0.1) is 0 Å². The summed E-state index contributed by atoms with van der Waals surface area (Å²) in [6, 6.07) is 19.7. The molecule has 0 fully saturated rings. The fourth-order valence-electron chi connectivity index (χ4n) is 5.42. The van der Waals surface area contributed by atoms with E-state index in [-0.39, 0.29) is 25.0 Å². The maximum Gasteiger partial charge on any atom is 0.326 e. The molecule has 238 valence electrons. The van der Waals surface area contributed by atoms with Crippen LogP contribution in [0.3, 0.4) is 0 Å². The minimum Gasteiger partial charge on any atom is -0.480 e. The number of carboxylic acid groups (broad SMARTS) is 1. The van der Waals surface area contributed by atoms with Crippen molar-refractivity contribution in [3.05, 3.63) is 108 Å². The standard InChI is InChI=1S/C34H36N6O5S/c35-25(19-46)31(41)38-28(14-20-8-2-1-3-9-20)32(42)39-29(15-21-17-36-26-12-6-4-10-23(21)26)33(43)40-30(34(44)45)16-22-18-37-27-13-7-5-11-24(22)27/h1-13,17-18,25,28-30,36-37,46H,14-16,19,35H2,(H,38,41)(H,39,42)(H,40,43)(H,44,45). The van der Waals surface area contributed by atoms with E-state index in [4.69, 9.17) is 5.73 Å². The number of carboxylic acids is 1. The second-order valence-corrected chi connectivity index (χ2v) is 11.5. The quantitative estimate of drug-likeness (QED) is 0.0863. The molecular weight excluding hydrogens is 604 g/mol. The highest BCUT2D eigenvalue weighted by Crippen LogP contribution is 2.21. The Morgan fingerprint density at radius 2 is 1.11 bits per heavy atom. The Morgan fingerprint density at radius 3 is 1.65 bits per heavy atom. The Labute approximate surface area is 270 Å². The first-order valence-corrected chi connectivity index (χ1v) is 15.5. The zero-order valence-corrected chi connectivity index (χ0v) is 25.8. The minimum absolute atomic E-state index is 0.0210. The van der Waals surface area contributed by atoms with Crippen LogP contribution in [0.25, 0.3) is 21.8 Å². The van der Waals surface area contributed by atoms with Crippen molar-refractivity contribution in [3.63, 3.8) is 0 Å². The van der Waals surface area contributed by atoms with Crippen LogP contribution in [0.2, 0.25) is 0 Å². The normalized spacial score (nSPS) is 13.9. The van der Waals surface area contributed by atoms with Crippen molar-refractivity contribution in [1.82, 2.24) is 25.9 Å². The van der Waals surface area contributed by atoms with E-state index in [0.29, 0.717) is 0 Å². The van der Waals surface area contributed by atoms with E-state index in [1.807, 2.05) is 78.9 Å². The van der Waals surface area contributed by atoms with Crippen molar-refractivity contribution in [2.24, 2.45) is 5.73 Å². The lowest BCUT2D eigenvalue weighted by Crippen LogP contribution is -2.58. The van der Waals surface area contributed by atoms with Crippen LogP contribution >= 0.6 is 12.6 Å². The molecule has 0 saturated carbocycles. The number of H-pyrrole nitrogens is 2. The van der Waals surface area contributed by atoms with Crippen molar-refractivity contribution < 1.29 is 24.3 Å². The number of nitrogens with two attached hydrogens (primary N) is 1. The fourth-order valence-corrected chi connectivity index (χ4v) is 5.58. The van der Waals surface area contributed by atoms with Crippen LogP contribution in [-0.4, -0.2) is 68.7 Å². The van der Waals surface area contributed by atoms with Gasteiger partial charge < -0.3 is 36.8 Å². The van der Waals surface area contributed by atoms with Gasteiger partial charge in [0.2, 0.25) is 17.7 Å². The predicted octanol–water partition coefficient (Wildman–Crippen LogP) is 2.47. The first-order chi connectivity index (χ1) is 22.2. The summed E-state index contributed by atoms with van der Waals surface area (Å²) in [5, 5.41) is 19.9. The van der Waals surface area contributed by atoms with Gasteiger partial charge in [-0.2, -0.15) is 12.6 Å². The number of carbonyl (C=O) groups excluding carboxylic acids is 3. The van der Waals surface area contributed by atoms with Gasteiger partial charge in [0.05, 0.1) is 6.04 Å². The Hall–Kier alpha value is -5.07. The summed E-state index contributed by atoms with van der Waals surface area (Å²) in [5.41, 5.74) is 9.84. The zero-order chi connectivity index (χ0) is 32.6. The number of aliphatic carboxylic acids is 1. The molecule has 46 heavy (non-hydrogen) atoms. The number of hydrogen-bond donors (Lipinski definition) is 8. The Balaban J connectivity index is 1.41. The Morgan fingerprint density at radius 1 is 0.652 bits per heavy atom. The van der Waals surface area contributed by atoms with Crippen LogP contribution in [0, 0.1) is 0 Å². The van der Waals surface area contributed by atoms with Crippen molar-refractivity contribution in [1.29, 1.82) is 0 Å². The number of benzene rings is 3. The zero-order valence-electron chi connectivity index (χ0n) is 24.9. The average molecular weight is 641 g/mol. The molecule has 5 rings (SSSR count). The molecule has 8 N–H and O–H groups in total. The van der Waals surface area contributed by atoms with E-state index in [9.17, 15) is 24.3 Å². The van der Waals surface area contributed by atoms with Gasteiger partial charge in [0.25, 0.3) is 0 Å². The highest BCUT2D eigenvalue weighted by Gasteiger charge is 2.31. The molecule has 0 bridgehead atoms. The lowest BCUT2D eigenvalue weighted by atomic mass is 10.0. The van der Waals surface area contributed by atoms with E-state index < -0.39 is 47.9 Å². The van der Waals surface area contributed by atoms with Crippen LogP contribution < -0.4 is 21.7 Å². The van der Waals surface area contributed by atoms with E-state index in [2.05, 4.69) is 38.5 Å². The molecule has 11 nitrogen and oxygen atoms in total. The SMILES string of the molecule is NC(CS)C(=O)NC(Cc1ccccc1)C(=O)NC(Cc1c[nH]c2ccccc12)C(=O)NC(Cc1c[nH]c2ccccc12)C(=O)O. The minimum atomic E-state index is -1.28. The molecule has 3 amide bonds. The van der Waals surface area contributed by atoms with E-state index in [0.717, 1.165) is 38.5 Å². The summed E-state index contributed by atoms with van der Waals surface area (Å²) in [4.78, 5) is 59.1. The van der Waals surface area contributed by atoms with Gasteiger partial charge in [0.1, 0.15) is 18.1 Å². The van der Waals surface area contributed by atoms with E-state index in [1.54, 1.807) is 12.4 Å². The smallest absolute Gasteiger partial charge is 0.326 e. The van der Waals surface area contributed by atoms with Crippen molar-refractivity contribution in [2.75, 3.05) is 5.75 Å². The molecule has 0 aliphatic heterocycles. The largest absolute Gasteiger partial charge is 0.480 e. The van der Waals surface area contributed by atoms with Gasteiger partial charge in [0.15, 0.2) is 0 Å². The van der Waals surface area contributed by atoms with E-state index in [1.165, 1.54) is 0 Å². The molecule has 2 heterocycles. The van der Waals surface area contributed by atoms with Gasteiger partial charge in [-0.25, -0.2) is 4.79 Å². The third-order valence-electron chi connectivity index (χ3n) is 7.89. The van der Waals surface area contributed by atoms with Gasteiger partial charge in [-0.3, -0.25) is 14.4 Å².